The van der Waals surface area contributed by atoms with E-state index in [0.29, 0.717) is 25.4 Å². The molecule has 3 aromatic rings. The average molecular weight is 364 g/mol. The second kappa shape index (κ2) is 7.15. The van der Waals surface area contributed by atoms with Gasteiger partial charge in [0.15, 0.2) is 11.5 Å². The minimum absolute atomic E-state index is 0.340. The summed E-state index contributed by atoms with van der Waals surface area (Å²) in [5.41, 5.74) is 4.99. The fraction of sp³-hybridized carbons (Fsp3) is 0.238. The van der Waals surface area contributed by atoms with Crippen LogP contribution in [0.3, 0.4) is 0 Å². The fourth-order valence-corrected chi connectivity index (χ4v) is 3.20. The molecule has 0 fully saturated rings. The molecule has 6 heteroatoms. The van der Waals surface area contributed by atoms with Gasteiger partial charge in [0.1, 0.15) is 18.9 Å². The Hall–Kier alpha value is -3.28. The van der Waals surface area contributed by atoms with E-state index in [1.54, 1.807) is 19.1 Å². The first-order valence-electron chi connectivity index (χ1n) is 8.90. The van der Waals surface area contributed by atoms with Gasteiger partial charge in [-0.2, -0.15) is 5.10 Å². The number of hydrogen-bond acceptors (Lipinski definition) is 5. The van der Waals surface area contributed by atoms with E-state index >= 15 is 0 Å². The third-order valence-electron chi connectivity index (χ3n) is 4.43. The van der Waals surface area contributed by atoms with Gasteiger partial charge in [0.2, 0.25) is 0 Å². The van der Waals surface area contributed by atoms with Crippen LogP contribution < -0.4 is 9.47 Å². The monoisotopic (exact) mass is 364 g/mol. The minimum Gasteiger partial charge on any atom is -0.486 e. The normalized spacial score (nSPS) is 12.7. The Balaban J connectivity index is 1.77. The number of aromatic amines is 1. The van der Waals surface area contributed by atoms with Crippen LogP contribution in [0.15, 0.2) is 42.5 Å². The first-order chi connectivity index (χ1) is 13.2. The third kappa shape index (κ3) is 3.26. The Labute approximate surface area is 157 Å². The third-order valence-corrected chi connectivity index (χ3v) is 4.43. The van der Waals surface area contributed by atoms with Crippen molar-refractivity contribution in [3.63, 3.8) is 0 Å². The van der Waals surface area contributed by atoms with Crippen LogP contribution in [0.2, 0.25) is 0 Å². The molecule has 0 unspecified atom stereocenters. The van der Waals surface area contributed by atoms with Gasteiger partial charge in [-0.25, -0.2) is 4.79 Å². The topological polar surface area (TPSA) is 73.4 Å². The molecule has 0 aliphatic carbocycles. The van der Waals surface area contributed by atoms with Crippen molar-refractivity contribution in [1.82, 2.24) is 10.2 Å². The summed E-state index contributed by atoms with van der Waals surface area (Å²) in [6.45, 7) is 5.20. The molecule has 0 spiro atoms. The van der Waals surface area contributed by atoms with Gasteiger partial charge in [0.25, 0.3) is 0 Å². The average Bonchev–Trinajstić information content (AvgIpc) is 3.09. The van der Waals surface area contributed by atoms with E-state index in [1.165, 1.54) is 0 Å². The first kappa shape index (κ1) is 17.1. The number of nitrogens with one attached hydrogen (secondary N) is 1. The van der Waals surface area contributed by atoms with Gasteiger partial charge in [-0.1, -0.05) is 18.2 Å². The lowest BCUT2D eigenvalue weighted by molar-refractivity contribution is 0.0526. The molecule has 0 saturated heterocycles. The number of aromatic nitrogens is 2. The minimum atomic E-state index is -0.340. The molecular formula is C21H20N2O4. The maximum Gasteiger partial charge on any atom is 0.338 e. The number of ether oxygens (including phenoxy) is 3. The molecule has 1 aliphatic rings. The molecule has 2 heterocycles. The molecule has 0 atom stereocenters. The maximum atomic E-state index is 12.1. The van der Waals surface area contributed by atoms with Crippen molar-refractivity contribution in [2.75, 3.05) is 19.8 Å². The summed E-state index contributed by atoms with van der Waals surface area (Å²) in [4.78, 5) is 12.1. The molecular weight excluding hydrogens is 344 g/mol. The molecule has 0 radical (unpaired) electrons. The van der Waals surface area contributed by atoms with Crippen molar-refractivity contribution in [3.8, 4) is 33.9 Å². The van der Waals surface area contributed by atoms with Crippen LogP contribution in [-0.4, -0.2) is 36.0 Å². The molecule has 6 nitrogen and oxygen atoms in total. The van der Waals surface area contributed by atoms with E-state index in [2.05, 4.69) is 10.2 Å². The lowest BCUT2D eigenvalue weighted by Crippen LogP contribution is -2.15. The molecule has 2 aromatic carbocycles. The summed E-state index contributed by atoms with van der Waals surface area (Å²) in [5.74, 6) is 1.13. The van der Waals surface area contributed by atoms with Crippen LogP contribution in [0.25, 0.3) is 22.4 Å². The molecule has 138 valence electrons. The number of carbonyl (C=O) groups excluding carboxylic acids is 1. The van der Waals surface area contributed by atoms with Crippen molar-refractivity contribution in [1.29, 1.82) is 0 Å². The lowest BCUT2D eigenvalue weighted by Gasteiger charge is -2.19. The van der Waals surface area contributed by atoms with Gasteiger partial charge in [-0.3, -0.25) is 5.10 Å². The summed E-state index contributed by atoms with van der Waals surface area (Å²) in [5, 5.41) is 7.52. The van der Waals surface area contributed by atoms with Crippen LogP contribution in [0.4, 0.5) is 0 Å². The van der Waals surface area contributed by atoms with E-state index in [-0.39, 0.29) is 5.97 Å². The Morgan fingerprint density at radius 3 is 2.74 bits per heavy atom. The van der Waals surface area contributed by atoms with Crippen molar-refractivity contribution >= 4 is 5.97 Å². The zero-order valence-electron chi connectivity index (χ0n) is 15.2. The van der Waals surface area contributed by atoms with Crippen molar-refractivity contribution < 1.29 is 19.0 Å². The first-order valence-corrected chi connectivity index (χ1v) is 8.90. The van der Waals surface area contributed by atoms with Crippen LogP contribution in [0.5, 0.6) is 11.5 Å². The molecule has 0 bridgehead atoms. The second-order valence-corrected chi connectivity index (χ2v) is 6.23. The largest absolute Gasteiger partial charge is 0.486 e. The Morgan fingerprint density at radius 1 is 1.11 bits per heavy atom. The molecule has 27 heavy (non-hydrogen) atoms. The molecule has 1 N–H and O–H groups in total. The summed E-state index contributed by atoms with van der Waals surface area (Å²) in [7, 11) is 0. The van der Waals surface area contributed by atoms with E-state index in [0.717, 1.165) is 39.6 Å². The number of fused-ring (bicyclic) bond motifs is 1. The predicted octanol–water partition coefficient (Wildman–Crippen LogP) is 4.00. The number of rotatable bonds is 4. The highest BCUT2D eigenvalue weighted by molar-refractivity contribution is 5.92. The summed E-state index contributed by atoms with van der Waals surface area (Å²) in [6, 6.07) is 13.2. The second-order valence-electron chi connectivity index (χ2n) is 6.23. The summed E-state index contributed by atoms with van der Waals surface area (Å²) in [6.07, 6.45) is 0. The van der Waals surface area contributed by atoms with Crippen LogP contribution in [-0.2, 0) is 4.74 Å². The van der Waals surface area contributed by atoms with Crippen molar-refractivity contribution in [3.05, 3.63) is 53.7 Å². The number of hydrogen-bond donors (Lipinski definition) is 1. The van der Waals surface area contributed by atoms with Gasteiger partial charge in [0, 0.05) is 16.8 Å². The number of carbonyl (C=O) groups is 1. The molecule has 0 amide bonds. The molecule has 1 aromatic heterocycles. The highest BCUT2D eigenvalue weighted by Gasteiger charge is 2.19. The SMILES string of the molecule is CCOC(=O)c1cccc(-c2n[nH]c(C)c2-c2ccc3c(c2)OCCO3)c1. The van der Waals surface area contributed by atoms with Crippen molar-refractivity contribution in [2.24, 2.45) is 0 Å². The van der Waals surface area contributed by atoms with Gasteiger partial charge in [-0.15, -0.1) is 0 Å². The number of nitrogens with zero attached hydrogens (tertiary/aromatic N) is 1. The Kier molecular flexibility index (Phi) is 4.54. The fourth-order valence-electron chi connectivity index (χ4n) is 3.20. The molecule has 1 aliphatic heterocycles. The van der Waals surface area contributed by atoms with Gasteiger partial charge in [0.05, 0.1) is 12.2 Å². The molecule has 4 rings (SSSR count). The van der Waals surface area contributed by atoms with Crippen LogP contribution in [0.1, 0.15) is 23.0 Å². The van der Waals surface area contributed by atoms with E-state index < -0.39 is 0 Å². The number of esters is 1. The van der Waals surface area contributed by atoms with Gasteiger partial charge in [-0.05, 0) is 43.7 Å². The summed E-state index contributed by atoms with van der Waals surface area (Å²) < 4.78 is 16.4. The Bertz CT molecular complexity index is 994. The van der Waals surface area contributed by atoms with E-state index in [1.807, 2.05) is 37.3 Å². The quantitative estimate of drug-likeness (QED) is 0.709. The zero-order valence-corrected chi connectivity index (χ0v) is 15.2. The lowest BCUT2D eigenvalue weighted by atomic mass is 9.98. The molecule has 0 saturated carbocycles. The van der Waals surface area contributed by atoms with E-state index in [9.17, 15) is 4.79 Å². The number of H-pyrrole nitrogens is 1. The zero-order chi connectivity index (χ0) is 18.8. The highest BCUT2D eigenvalue weighted by atomic mass is 16.6. The Morgan fingerprint density at radius 2 is 1.93 bits per heavy atom. The van der Waals surface area contributed by atoms with E-state index in [4.69, 9.17) is 14.2 Å². The van der Waals surface area contributed by atoms with Crippen LogP contribution >= 0.6 is 0 Å². The smallest absolute Gasteiger partial charge is 0.338 e. The van der Waals surface area contributed by atoms with Crippen LogP contribution in [0, 0.1) is 6.92 Å². The highest BCUT2D eigenvalue weighted by Crippen LogP contribution is 2.39. The number of aryl methyl sites for hydroxylation is 1. The summed E-state index contributed by atoms with van der Waals surface area (Å²) >= 11 is 0. The van der Waals surface area contributed by atoms with Gasteiger partial charge < -0.3 is 14.2 Å². The maximum absolute atomic E-state index is 12.1. The van der Waals surface area contributed by atoms with Crippen molar-refractivity contribution in [2.45, 2.75) is 13.8 Å². The number of benzene rings is 2. The van der Waals surface area contributed by atoms with Gasteiger partial charge >= 0.3 is 5.97 Å². The standard InChI is InChI=1S/C21H20N2O4/c1-3-25-21(24)16-6-4-5-15(11-16)20-19(13(2)22-23-20)14-7-8-17-18(12-14)27-10-9-26-17/h4-8,11-12H,3,9-10H2,1-2H3,(H,22,23). The predicted molar refractivity (Wildman–Crippen MR) is 101 cm³/mol.